The zero-order valence-corrected chi connectivity index (χ0v) is 23.3. The Labute approximate surface area is 236 Å². The van der Waals surface area contributed by atoms with Gasteiger partial charge in [-0.15, -0.1) is 0 Å². The van der Waals surface area contributed by atoms with E-state index in [0.717, 1.165) is 19.3 Å². The Hall–Kier alpha value is -3.71. The van der Waals surface area contributed by atoms with E-state index < -0.39 is 30.3 Å². The van der Waals surface area contributed by atoms with Crippen molar-refractivity contribution in [1.82, 2.24) is 0 Å². The lowest BCUT2D eigenvalue weighted by atomic mass is 9.89. The number of aliphatic hydroxyl groups is 1. The molecule has 0 saturated heterocycles. The van der Waals surface area contributed by atoms with Gasteiger partial charge in [0.05, 0.1) is 30.8 Å². The van der Waals surface area contributed by atoms with Gasteiger partial charge in [0.15, 0.2) is 0 Å². The van der Waals surface area contributed by atoms with E-state index in [0.29, 0.717) is 30.4 Å². The van der Waals surface area contributed by atoms with Gasteiger partial charge in [-0.05, 0) is 37.1 Å². The molecular weight excluding hydrogens is 508 g/mol. The number of benzene rings is 2. The molecule has 7 heteroatoms. The maximum absolute atomic E-state index is 13.0. The predicted molar refractivity (Wildman–Crippen MR) is 153 cm³/mol. The van der Waals surface area contributed by atoms with Crippen LogP contribution in [0.25, 0.3) is 0 Å². The Morgan fingerprint density at radius 1 is 0.900 bits per heavy atom. The molecule has 1 N–H and O–H groups in total. The summed E-state index contributed by atoms with van der Waals surface area (Å²) in [6.45, 7) is 2.11. The molecule has 1 fully saturated rings. The molecule has 214 valence electrons. The molecule has 0 aromatic heterocycles. The van der Waals surface area contributed by atoms with Crippen LogP contribution in [0.3, 0.4) is 0 Å². The fourth-order valence-electron chi connectivity index (χ4n) is 4.95. The zero-order chi connectivity index (χ0) is 28.7. The van der Waals surface area contributed by atoms with Crippen LogP contribution in [0.4, 0.5) is 0 Å². The highest BCUT2D eigenvalue weighted by Gasteiger charge is 2.45. The van der Waals surface area contributed by atoms with Crippen LogP contribution in [0.15, 0.2) is 85.0 Å². The smallest absolute Gasteiger partial charge is 0.338 e. The Balaban J connectivity index is 1.86. The summed E-state index contributed by atoms with van der Waals surface area (Å²) in [6.07, 6.45) is 10.1. The Bertz CT molecular complexity index is 1130. The number of unbranched alkanes of at least 4 members (excludes halogenated alkanes) is 2. The second-order valence-electron chi connectivity index (χ2n) is 10.0. The summed E-state index contributed by atoms with van der Waals surface area (Å²) in [4.78, 5) is 37.6. The molecule has 0 amide bonds. The SMILES string of the molecule is CCCCCC(O)/C=C/[C@H]1[C@@H](C/C=C\CC(=O)OC)[C@H](OC(=O)c2ccccc2)C[C@@H]1OC(=O)c1ccccc1. The zero-order valence-electron chi connectivity index (χ0n) is 23.3. The molecule has 0 bridgehead atoms. The molecule has 40 heavy (non-hydrogen) atoms. The standard InChI is InChI=1S/C33H40O7/c1-3-4-7-18-26(34)21-22-28-27(19-12-13-20-31(35)38-2)29(39-32(36)24-14-8-5-9-15-24)23-30(28)40-33(37)25-16-10-6-11-17-25/h5-6,8-17,21-22,26-30,34H,3-4,7,18-20,23H2,1-2H3/b13-12-,22-21+/t26?,27-,28+,29-,30+/m1/s1. The molecule has 1 saturated carbocycles. The first-order valence-corrected chi connectivity index (χ1v) is 14.0. The molecule has 7 nitrogen and oxygen atoms in total. The number of ether oxygens (including phenoxy) is 3. The molecule has 2 aromatic carbocycles. The molecule has 1 aliphatic carbocycles. The van der Waals surface area contributed by atoms with Crippen LogP contribution in [-0.4, -0.2) is 48.4 Å². The Morgan fingerprint density at radius 3 is 2.08 bits per heavy atom. The van der Waals surface area contributed by atoms with E-state index in [2.05, 4.69) is 6.92 Å². The molecule has 5 atom stereocenters. The molecule has 3 rings (SSSR count). The fourth-order valence-corrected chi connectivity index (χ4v) is 4.95. The lowest BCUT2D eigenvalue weighted by Gasteiger charge is -2.23. The third kappa shape index (κ3) is 9.49. The summed E-state index contributed by atoms with van der Waals surface area (Å²) in [5.41, 5.74) is 0.870. The van der Waals surface area contributed by atoms with Crippen molar-refractivity contribution < 1.29 is 33.7 Å². The first kappa shape index (κ1) is 30.8. The van der Waals surface area contributed by atoms with Gasteiger partial charge in [-0.25, -0.2) is 9.59 Å². The lowest BCUT2D eigenvalue weighted by Crippen LogP contribution is -2.26. The highest BCUT2D eigenvalue weighted by Crippen LogP contribution is 2.41. The van der Waals surface area contributed by atoms with Crippen molar-refractivity contribution in [1.29, 1.82) is 0 Å². The van der Waals surface area contributed by atoms with Crippen LogP contribution >= 0.6 is 0 Å². The summed E-state index contributed by atoms with van der Waals surface area (Å²) in [6, 6.07) is 17.5. The Kier molecular flexibility index (Phi) is 12.6. The average molecular weight is 549 g/mol. The molecule has 0 heterocycles. The van der Waals surface area contributed by atoms with Crippen LogP contribution in [-0.2, 0) is 19.0 Å². The van der Waals surface area contributed by atoms with E-state index in [4.69, 9.17) is 14.2 Å². The van der Waals surface area contributed by atoms with Gasteiger partial charge in [0.25, 0.3) is 0 Å². The molecule has 0 radical (unpaired) electrons. The topological polar surface area (TPSA) is 99.1 Å². The Morgan fingerprint density at radius 2 is 1.50 bits per heavy atom. The van der Waals surface area contributed by atoms with E-state index in [-0.39, 0.29) is 24.2 Å². The van der Waals surface area contributed by atoms with E-state index in [1.54, 1.807) is 60.7 Å². The molecule has 1 unspecified atom stereocenters. The summed E-state index contributed by atoms with van der Waals surface area (Å²) in [5, 5.41) is 10.6. The van der Waals surface area contributed by atoms with Crippen molar-refractivity contribution in [3.05, 3.63) is 96.1 Å². The third-order valence-electron chi connectivity index (χ3n) is 7.15. The molecule has 0 spiro atoms. The largest absolute Gasteiger partial charge is 0.469 e. The molecule has 0 aliphatic heterocycles. The highest BCUT2D eigenvalue weighted by molar-refractivity contribution is 5.90. The van der Waals surface area contributed by atoms with Crippen LogP contribution in [0.1, 0.15) is 72.6 Å². The maximum Gasteiger partial charge on any atom is 0.338 e. The number of methoxy groups -OCH3 is 1. The van der Waals surface area contributed by atoms with E-state index in [1.165, 1.54) is 7.11 Å². The van der Waals surface area contributed by atoms with Gasteiger partial charge in [-0.3, -0.25) is 4.79 Å². The monoisotopic (exact) mass is 548 g/mol. The van der Waals surface area contributed by atoms with Crippen molar-refractivity contribution in [2.24, 2.45) is 11.8 Å². The third-order valence-corrected chi connectivity index (χ3v) is 7.15. The van der Waals surface area contributed by atoms with Crippen LogP contribution < -0.4 is 0 Å². The number of carbonyl (C=O) groups excluding carboxylic acids is 3. The summed E-state index contributed by atoms with van der Waals surface area (Å²) >= 11 is 0. The van der Waals surface area contributed by atoms with Crippen molar-refractivity contribution in [3.8, 4) is 0 Å². The quantitative estimate of drug-likeness (QED) is 0.132. The molecule has 2 aromatic rings. The second kappa shape index (κ2) is 16.4. The number of rotatable bonds is 14. The van der Waals surface area contributed by atoms with Crippen molar-refractivity contribution >= 4 is 17.9 Å². The van der Waals surface area contributed by atoms with Crippen LogP contribution in [0, 0.1) is 11.8 Å². The number of hydrogen-bond donors (Lipinski definition) is 1. The van der Waals surface area contributed by atoms with Crippen molar-refractivity contribution in [2.45, 2.75) is 70.2 Å². The van der Waals surface area contributed by atoms with Gasteiger partial charge in [0, 0.05) is 18.3 Å². The van der Waals surface area contributed by atoms with Crippen molar-refractivity contribution in [2.75, 3.05) is 7.11 Å². The first-order chi connectivity index (χ1) is 19.4. The van der Waals surface area contributed by atoms with Crippen molar-refractivity contribution in [3.63, 3.8) is 0 Å². The van der Waals surface area contributed by atoms with E-state index >= 15 is 0 Å². The number of esters is 3. The van der Waals surface area contributed by atoms with E-state index in [1.807, 2.05) is 24.3 Å². The fraction of sp³-hybridized carbons (Fsp3) is 0.424. The first-order valence-electron chi connectivity index (χ1n) is 14.0. The second-order valence-corrected chi connectivity index (χ2v) is 10.0. The minimum atomic E-state index is -0.626. The van der Waals surface area contributed by atoms with Gasteiger partial charge < -0.3 is 19.3 Å². The summed E-state index contributed by atoms with van der Waals surface area (Å²) in [5.74, 6) is -1.82. The van der Waals surface area contributed by atoms with Gasteiger partial charge in [0.1, 0.15) is 12.2 Å². The highest BCUT2D eigenvalue weighted by atomic mass is 16.6. The summed E-state index contributed by atoms with van der Waals surface area (Å²) < 4.78 is 16.7. The van der Waals surface area contributed by atoms with Gasteiger partial charge >= 0.3 is 17.9 Å². The normalized spacial score (nSPS) is 21.4. The van der Waals surface area contributed by atoms with Gasteiger partial charge in [0.2, 0.25) is 0 Å². The molecule has 1 aliphatic rings. The maximum atomic E-state index is 13.0. The predicted octanol–water partition coefficient (Wildman–Crippen LogP) is 6.08. The summed E-state index contributed by atoms with van der Waals surface area (Å²) in [7, 11) is 1.34. The molecular formula is C33H40O7. The van der Waals surface area contributed by atoms with Gasteiger partial charge in [-0.2, -0.15) is 0 Å². The van der Waals surface area contributed by atoms with Crippen LogP contribution in [0.5, 0.6) is 0 Å². The number of hydrogen-bond acceptors (Lipinski definition) is 7. The van der Waals surface area contributed by atoms with Crippen LogP contribution in [0.2, 0.25) is 0 Å². The number of carbonyl (C=O) groups is 3. The minimum absolute atomic E-state index is 0.126. The minimum Gasteiger partial charge on any atom is -0.469 e. The van der Waals surface area contributed by atoms with E-state index in [9.17, 15) is 19.5 Å². The average Bonchev–Trinajstić information content (AvgIpc) is 3.29. The number of allylic oxidation sites excluding steroid dienone is 1. The van der Waals surface area contributed by atoms with Gasteiger partial charge in [-0.1, -0.05) is 86.9 Å². The lowest BCUT2D eigenvalue weighted by molar-refractivity contribution is -0.139. The number of aliphatic hydroxyl groups excluding tert-OH is 1.